The standard InChI is InChI=1S/C15H22N2O3/c16-12(9-11-5-2-1-3-6-11)14(18)10-17-8-4-7-13(17)15(19)20/h1-3,5-6,12-14,18H,4,7-10,16H2,(H,19,20)/t12-,13-,14-/m0/s1. The van der Waals surface area contributed by atoms with Gasteiger partial charge in [-0.15, -0.1) is 0 Å². The lowest BCUT2D eigenvalue weighted by molar-refractivity contribution is -0.142. The van der Waals surface area contributed by atoms with Gasteiger partial charge in [-0.2, -0.15) is 0 Å². The summed E-state index contributed by atoms with van der Waals surface area (Å²) in [7, 11) is 0. The van der Waals surface area contributed by atoms with E-state index in [2.05, 4.69) is 0 Å². The minimum Gasteiger partial charge on any atom is -0.480 e. The van der Waals surface area contributed by atoms with Crippen LogP contribution in [0.4, 0.5) is 0 Å². The number of nitrogens with two attached hydrogens (primary N) is 1. The third kappa shape index (κ3) is 3.79. The molecule has 0 amide bonds. The summed E-state index contributed by atoms with van der Waals surface area (Å²) in [6.07, 6.45) is 1.39. The fourth-order valence-electron chi connectivity index (χ4n) is 2.72. The first-order chi connectivity index (χ1) is 9.58. The van der Waals surface area contributed by atoms with Gasteiger partial charge in [0.15, 0.2) is 0 Å². The number of benzene rings is 1. The molecule has 1 aromatic rings. The molecule has 3 atom stereocenters. The molecular formula is C15H22N2O3. The SMILES string of the molecule is N[C@@H](Cc1ccccc1)[C@@H](O)CN1CCC[C@H]1C(=O)O. The first-order valence-electron chi connectivity index (χ1n) is 7.02. The molecule has 1 aromatic carbocycles. The zero-order valence-electron chi connectivity index (χ0n) is 11.5. The summed E-state index contributed by atoms with van der Waals surface area (Å²) in [4.78, 5) is 12.9. The van der Waals surface area contributed by atoms with Crippen LogP contribution in [0.5, 0.6) is 0 Å². The van der Waals surface area contributed by atoms with E-state index in [-0.39, 0.29) is 6.04 Å². The van der Waals surface area contributed by atoms with Gasteiger partial charge in [-0.3, -0.25) is 9.69 Å². The lowest BCUT2D eigenvalue weighted by atomic mass is 10.0. The summed E-state index contributed by atoms with van der Waals surface area (Å²) in [6.45, 7) is 1.04. The van der Waals surface area contributed by atoms with Gasteiger partial charge < -0.3 is 15.9 Å². The molecule has 5 nitrogen and oxygen atoms in total. The number of hydrogen-bond donors (Lipinski definition) is 3. The molecule has 20 heavy (non-hydrogen) atoms. The van der Waals surface area contributed by atoms with Gasteiger partial charge in [0.2, 0.25) is 0 Å². The molecular weight excluding hydrogens is 256 g/mol. The summed E-state index contributed by atoms with van der Waals surface area (Å²) >= 11 is 0. The van der Waals surface area contributed by atoms with Crippen molar-refractivity contribution < 1.29 is 15.0 Å². The maximum Gasteiger partial charge on any atom is 0.320 e. The summed E-state index contributed by atoms with van der Waals surface area (Å²) in [6, 6.07) is 8.91. The zero-order valence-corrected chi connectivity index (χ0v) is 11.5. The molecule has 0 radical (unpaired) electrons. The van der Waals surface area contributed by atoms with Gasteiger partial charge >= 0.3 is 5.97 Å². The predicted molar refractivity (Wildman–Crippen MR) is 76.4 cm³/mol. The predicted octanol–water partition coefficient (Wildman–Crippen LogP) is 0.466. The van der Waals surface area contributed by atoms with E-state index in [9.17, 15) is 9.90 Å². The molecule has 1 heterocycles. The number of aliphatic hydroxyl groups excluding tert-OH is 1. The number of β-amino-alcohol motifs (C(OH)–C–C–N with tert-alkyl or cyclic N) is 1. The van der Waals surface area contributed by atoms with E-state index in [1.54, 1.807) is 0 Å². The maximum atomic E-state index is 11.1. The van der Waals surface area contributed by atoms with Gasteiger partial charge in [0.1, 0.15) is 6.04 Å². The Hall–Kier alpha value is -1.43. The van der Waals surface area contributed by atoms with Crippen LogP contribution >= 0.6 is 0 Å². The van der Waals surface area contributed by atoms with Crippen LogP contribution in [0.15, 0.2) is 30.3 Å². The lowest BCUT2D eigenvalue weighted by Crippen LogP contribution is -2.47. The average Bonchev–Trinajstić information content (AvgIpc) is 2.88. The second-order valence-electron chi connectivity index (χ2n) is 5.41. The zero-order chi connectivity index (χ0) is 14.5. The molecule has 110 valence electrons. The van der Waals surface area contributed by atoms with Crippen molar-refractivity contribution in [2.24, 2.45) is 5.73 Å². The number of aliphatic carboxylic acids is 1. The normalized spacial score (nSPS) is 22.6. The van der Waals surface area contributed by atoms with E-state index in [4.69, 9.17) is 10.8 Å². The monoisotopic (exact) mass is 278 g/mol. The number of nitrogens with zero attached hydrogens (tertiary/aromatic N) is 1. The third-order valence-corrected chi connectivity index (χ3v) is 3.88. The van der Waals surface area contributed by atoms with Crippen molar-refractivity contribution >= 4 is 5.97 Å². The van der Waals surface area contributed by atoms with Gasteiger partial charge in [-0.25, -0.2) is 0 Å². The Kier molecular flexibility index (Phi) is 5.11. The smallest absolute Gasteiger partial charge is 0.320 e. The molecule has 0 aliphatic carbocycles. The molecule has 0 bridgehead atoms. The Morgan fingerprint density at radius 3 is 2.75 bits per heavy atom. The number of carboxylic acids is 1. The van der Waals surface area contributed by atoms with Crippen molar-refractivity contribution in [2.75, 3.05) is 13.1 Å². The second kappa shape index (κ2) is 6.83. The van der Waals surface area contributed by atoms with Crippen LogP contribution < -0.4 is 5.73 Å². The molecule has 4 N–H and O–H groups in total. The summed E-state index contributed by atoms with van der Waals surface area (Å²) in [5, 5.41) is 19.3. The Morgan fingerprint density at radius 2 is 2.10 bits per heavy atom. The Morgan fingerprint density at radius 1 is 1.40 bits per heavy atom. The Bertz CT molecular complexity index is 438. The molecule has 1 aliphatic rings. The number of carboxylic acid groups (broad SMARTS) is 1. The van der Waals surface area contributed by atoms with E-state index < -0.39 is 18.1 Å². The van der Waals surface area contributed by atoms with Crippen molar-refractivity contribution in [3.8, 4) is 0 Å². The highest BCUT2D eigenvalue weighted by molar-refractivity contribution is 5.73. The first-order valence-corrected chi connectivity index (χ1v) is 7.02. The van der Waals surface area contributed by atoms with Crippen LogP contribution in [0, 0.1) is 0 Å². The Labute approximate surface area is 119 Å². The fourth-order valence-corrected chi connectivity index (χ4v) is 2.72. The highest BCUT2D eigenvalue weighted by Gasteiger charge is 2.32. The van der Waals surface area contributed by atoms with Crippen molar-refractivity contribution in [1.82, 2.24) is 4.90 Å². The minimum absolute atomic E-state index is 0.324. The average molecular weight is 278 g/mol. The van der Waals surface area contributed by atoms with Crippen LogP contribution in [0.3, 0.4) is 0 Å². The topological polar surface area (TPSA) is 86.8 Å². The van der Waals surface area contributed by atoms with E-state index >= 15 is 0 Å². The number of hydrogen-bond acceptors (Lipinski definition) is 4. The minimum atomic E-state index is -0.814. The quantitative estimate of drug-likeness (QED) is 0.704. The van der Waals surface area contributed by atoms with Gasteiger partial charge in [-0.1, -0.05) is 30.3 Å². The second-order valence-corrected chi connectivity index (χ2v) is 5.41. The molecule has 1 aliphatic heterocycles. The van der Waals surface area contributed by atoms with Crippen LogP contribution in [-0.2, 0) is 11.2 Å². The molecule has 2 rings (SSSR count). The van der Waals surface area contributed by atoms with Crippen molar-refractivity contribution in [3.05, 3.63) is 35.9 Å². The molecule has 0 unspecified atom stereocenters. The molecule has 1 fully saturated rings. The number of aliphatic hydroxyl groups is 1. The van der Waals surface area contributed by atoms with E-state index in [0.29, 0.717) is 25.9 Å². The van der Waals surface area contributed by atoms with Crippen molar-refractivity contribution in [3.63, 3.8) is 0 Å². The van der Waals surface area contributed by atoms with Gasteiger partial charge in [0.05, 0.1) is 6.10 Å². The van der Waals surface area contributed by atoms with E-state index in [1.807, 2.05) is 35.2 Å². The van der Waals surface area contributed by atoms with Crippen LogP contribution in [0.2, 0.25) is 0 Å². The summed E-state index contributed by atoms with van der Waals surface area (Å²) < 4.78 is 0. The Balaban J connectivity index is 1.87. The highest BCUT2D eigenvalue weighted by Crippen LogP contribution is 2.18. The first kappa shape index (κ1) is 15.0. The number of carbonyl (C=O) groups is 1. The van der Waals surface area contributed by atoms with Crippen molar-refractivity contribution in [2.45, 2.75) is 37.5 Å². The largest absolute Gasteiger partial charge is 0.480 e. The number of rotatable bonds is 6. The van der Waals surface area contributed by atoms with E-state index in [1.165, 1.54) is 0 Å². The van der Waals surface area contributed by atoms with Gasteiger partial charge in [-0.05, 0) is 31.4 Å². The molecule has 5 heteroatoms. The molecule has 1 saturated heterocycles. The van der Waals surface area contributed by atoms with Crippen molar-refractivity contribution in [1.29, 1.82) is 0 Å². The molecule has 0 saturated carbocycles. The lowest BCUT2D eigenvalue weighted by Gasteiger charge is -2.27. The number of likely N-dealkylation sites (tertiary alicyclic amines) is 1. The van der Waals surface area contributed by atoms with Gasteiger partial charge in [0, 0.05) is 12.6 Å². The van der Waals surface area contributed by atoms with Crippen LogP contribution in [-0.4, -0.2) is 52.4 Å². The molecule has 0 aromatic heterocycles. The van der Waals surface area contributed by atoms with Crippen LogP contribution in [0.25, 0.3) is 0 Å². The maximum absolute atomic E-state index is 11.1. The highest BCUT2D eigenvalue weighted by atomic mass is 16.4. The van der Waals surface area contributed by atoms with Crippen LogP contribution in [0.1, 0.15) is 18.4 Å². The van der Waals surface area contributed by atoms with Gasteiger partial charge in [0.25, 0.3) is 0 Å². The third-order valence-electron chi connectivity index (χ3n) is 3.88. The van der Waals surface area contributed by atoms with E-state index in [0.717, 1.165) is 12.0 Å². The molecule has 0 spiro atoms. The fraction of sp³-hybridized carbons (Fsp3) is 0.533. The summed E-state index contributed by atoms with van der Waals surface area (Å²) in [5.41, 5.74) is 7.10. The summed E-state index contributed by atoms with van der Waals surface area (Å²) in [5.74, 6) is -0.814.